The minimum atomic E-state index is -0.774. The maximum absolute atomic E-state index is 13.3. The van der Waals surface area contributed by atoms with Crippen LogP contribution in [-0.2, 0) is 0 Å². The quantitative estimate of drug-likeness (QED) is 0.569. The zero-order valence-corrected chi connectivity index (χ0v) is 12.7. The Hall–Kier alpha value is -0.960. The number of hydrogen-bond donors (Lipinski definition) is 1. The van der Waals surface area contributed by atoms with Gasteiger partial charge < -0.3 is 5.32 Å². The van der Waals surface area contributed by atoms with Crippen LogP contribution in [0.1, 0.15) is 70.4 Å². The second-order valence-corrected chi connectivity index (χ2v) is 5.34. The molecule has 1 unspecified atom stereocenters. The van der Waals surface area contributed by atoms with E-state index in [4.69, 9.17) is 0 Å². The summed E-state index contributed by atoms with van der Waals surface area (Å²) in [6.07, 6.45) is 8.45. The first-order chi connectivity index (χ1) is 9.69. The average Bonchev–Trinajstić information content (AvgIpc) is 2.44. The summed E-state index contributed by atoms with van der Waals surface area (Å²) in [5.41, 5.74) is 0.847. The fourth-order valence-corrected chi connectivity index (χ4v) is 2.49. The molecule has 0 aliphatic carbocycles. The Labute approximate surface area is 121 Å². The molecule has 1 aromatic rings. The van der Waals surface area contributed by atoms with Crippen LogP contribution in [0.25, 0.3) is 0 Å². The normalized spacial score (nSPS) is 12.6. The van der Waals surface area contributed by atoms with Crippen LogP contribution in [-0.4, -0.2) is 6.54 Å². The van der Waals surface area contributed by atoms with Crippen LogP contribution >= 0.6 is 0 Å². The van der Waals surface area contributed by atoms with Crippen LogP contribution in [0.3, 0.4) is 0 Å². The fraction of sp³-hybridized carbons (Fsp3) is 0.647. The van der Waals surface area contributed by atoms with Gasteiger partial charge in [-0.2, -0.15) is 0 Å². The molecule has 1 N–H and O–H groups in total. The smallest absolute Gasteiger partial charge is 0.159 e. The Kier molecular flexibility index (Phi) is 8.43. The van der Waals surface area contributed by atoms with Crippen molar-refractivity contribution < 1.29 is 8.78 Å². The van der Waals surface area contributed by atoms with Crippen molar-refractivity contribution in [2.45, 2.75) is 64.8 Å². The maximum Gasteiger partial charge on any atom is 0.159 e. The second-order valence-electron chi connectivity index (χ2n) is 5.34. The van der Waals surface area contributed by atoms with E-state index in [-0.39, 0.29) is 6.04 Å². The molecule has 0 fully saturated rings. The third-order valence-corrected chi connectivity index (χ3v) is 3.64. The van der Waals surface area contributed by atoms with Gasteiger partial charge in [-0.3, -0.25) is 0 Å². The highest BCUT2D eigenvalue weighted by molar-refractivity contribution is 5.21. The van der Waals surface area contributed by atoms with Gasteiger partial charge in [0.15, 0.2) is 11.6 Å². The summed E-state index contributed by atoms with van der Waals surface area (Å²) in [4.78, 5) is 0. The Morgan fingerprint density at radius 2 is 1.65 bits per heavy atom. The Morgan fingerprint density at radius 1 is 0.950 bits per heavy atom. The second kappa shape index (κ2) is 9.87. The first kappa shape index (κ1) is 17.1. The van der Waals surface area contributed by atoms with Gasteiger partial charge in [-0.05, 0) is 30.7 Å². The lowest BCUT2D eigenvalue weighted by molar-refractivity contribution is 0.467. The van der Waals surface area contributed by atoms with Crippen molar-refractivity contribution in [3.05, 3.63) is 35.4 Å². The summed E-state index contributed by atoms with van der Waals surface area (Å²) in [5, 5.41) is 3.36. The number of unbranched alkanes of at least 4 members (excludes halogenated alkanes) is 5. The van der Waals surface area contributed by atoms with E-state index in [0.29, 0.717) is 0 Å². The lowest BCUT2D eigenvalue weighted by atomic mass is 9.99. The Bertz CT molecular complexity index is 379. The third kappa shape index (κ3) is 6.00. The van der Waals surface area contributed by atoms with Crippen LogP contribution in [0.2, 0.25) is 0 Å². The van der Waals surface area contributed by atoms with Crippen molar-refractivity contribution in [3.8, 4) is 0 Å². The number of benzene rings is 1. The molecule has 1 rings (SSSR count). The molecule has 0 aliphatic rings. The molecule has 0 amide bonds. The number of hydrogen-bond acceptors (Lipinski definition) is 1. The van der Waals surface area contributed by atoms with Gasteiger partial charge in [-0.15, -0.1) is 0 Å². The molecule has 0 radical (unpaired) electrons. The maximum atomic E-state index is 13.3. The van der Waals surface area contributed by atoms with Crippen LogP contribution in [0.15, 0.2) is 18.2 Å². The van der Waals surface area contributed by atoms with E-state index in [2.05, 4.69) is 12.2 Å². The van der Waals surface area contributed by atoms with Crippen molar-refractivity contribution in [2.24, 2.45) is 0 Å². The predicted octanol–water partition coefficient (Wildman–Crippen LogP) is 5.37. The SMILES string of the molecule is CCCCCCCCC(NCC)c1ccc(F)c(F)c1. The highest BCUT2D eigenvalue weighted by Gasteiger charge is 2.12. The lowest BCUT2D eigenvalue weighted by Gasteiger charge is -2.18. The van der Waals surface area contributed by atoms with Gasteiger partial charge in [0, 0.05) is 6.04 Å². The fourth-order valence-electron chi connectivity index (χ4n) is 2.49. The minimum absolute atomic E-state index is 0.126. The summed E-state index contributed by atoms with van der Waals surface area (Å²) >= 11 is 0. The van der Waals surface area contributed by atoms with E-state index in [0.717, 1.165) is 24.9 Å². The van der Waals surface area contributed by atoms with Gasteiger partial charge in [-0.1, -0.05) is 58.4 Å². The van der Waals surface area contributed by atoms with Gasteiger partial charge in [0.25, 0.3) is 0 Å². The van der Waals surface area contributed by atoms with Crippen LogP contribution in [0.4, 0.5) is 8.78 Å². The van der Waals surface area contributed by atoms with Gasteiger partial charge in [0.2, 0.25) is 0 Å². The van der Waals surface area contributed by atoms with Crippen LogP contribution in [0, 0.1) is 11.6 Å². The molecule has 0 bridgehead atoms. The molecule has 1 nitrogen and oxygen atoms in total. The first-order valence-corrected chi connectivity index (χ1v) is 7.87. The average molecular weight is 283 g/mol. The molecule has 1 atom stereocenters. The van der Waals surface area contributed by atoms with Gasteiger partial charge in [0.05, 0.1) is 0 Å². The molecule has 1 aromatic carbocycles. The topological polar surface area (TPSA) is 12.0 Å². The van der Waals surface area contributed by atoms with Crippen molar-refractivity contribution in [2.75, 3.05) is 6.54 Å². The van der Waals surface area contributed by atoms with E-state index in [1.54, 1.807) is 6.07 Å². The zero-order valence-electron chi connectivity index (χ0n) is 12.7. The van der Waals surface area contributed by atoms with E-state index in [1.807, 2.05) is 6.92 Å². The molecule has 20 heavy (non-hydrogen) atoms. The lowest BCUT2D eigenvalue weighted by Crippen LogP contribution is -2.21. The Morgan fingerprint density at radius 3 is 2.30 bits per heavy atom. The highest BCUT2D eigenvalue weighted by Crippen LogP contribution is 2.22. The summed E-state index contributed by atoms with van der Waals surface area (Å²) < 4.78 is 26.3. The standard InChI is InChI=1S/C17H27F2N/c1-3-5-6-7-8-9-10-17(20-4-2)14-11-12-15(18)16(19)13-14/h11-13,17,20H,3-10H2,1-2H3. The largest absolute Gasteiger partial charge is 0.310 e. The molecule has 0 saturated heterocycles. The van der Waals surface area contributed by atoms with Crippen molar-refractivity contribution in [1.29, 1.82) is 0 Å². The summed E-state index contributed by atoms with van der Waals surface area (Å²) in [6.45, 7) is 5.08. The Balaban J connectivity index is 2.45. The van der Waals surface area contributed by atoms with Crippen molar-refractivity contribution in [1.82, 2.24) is 5.32 Å². The highest BCUT2D eigenvalue weighted by atomic mass is 19.2. The van der Waals surface area contributed by atoms with E-state index in [9.17, 15) is 8.78 Å². The molecule has 0 aliphatic heterocycles. The van der Waals surface area contributed by atoms with Gasteiger partial charge in [-0.25, -0.2) is 8.78 Å². The van der Waals surface area contributed by atoms with E-state index < -0.39 is 11.6 Å². The summed E-state index contributed by atoms with van der Waals surface area (Å²) in [6, 6.07) is 4.35. The molecule has 114 valence electrons. The monoisotopic (exact) mass is 283 g/mol. The number of halogens is 2. The predicted molar refractivity (Wildman–Crippen MR) is 80.8 cm³/mol. The molecule has 0 aromatic heterocycles. The van der Waals surface area contributed by atoms with E-state index in [1.165, 1.54) is 44.2 Å². The van der Waals surface area contributed by atoms with Crippen molar-refractivity contribution in [3.63, 3.8) is 0 Å². The molecular formula is C17H27F2N. The van der Waals surface area contributed by atoms with Crippen LogP contribution < -0.4 is 5.32 Å². The van der Waals surface area contributed by atoms with Gasteiger partial charge >= 0.3 is 0 Å². The molecule has 0 saturated carbocycles. The summed E-state index contributed by atoms with van der Waals surface area (Å²) in [5.74, 6) is -1.53. The third-order valence-electron chi connectivity index (χ3n) is 3.64. The van der Waals surface area contributed by atoms with Crippen molar-refractivity contribution >= 4 is 0 Å². The summed E-state index contributed by atoms with van der Waals surface area (Å²) in [7, 11) is 0. The minimum Gasteiger partial charge on any atom is -0.310 e. The van der Waals surface area contributed by atoms with Crippen LogP contribution in [0.5, 0.6) is 0 Å². The number of rotatable bonds is 10. The molecule has 0 spiro atoms. The van der Waals surface area contributed by atoms with Gasteiger partial charge in [0.1, 0.15) is 0 Å². The first-order valence-electron chi connectivity index (χ1n) is 7.87. The molecule has 3 heteroatoms. The number of nitrogens with one attached hydrogen (secondary N) is 1. The molecular weight excluding hydrogens is 256 g/mol. The zero-order chi connectivity index (χ0) is 14.8. The molecule has 0 heterocycles. The van der Waals surface area contributed by atoms with E-state index >= 15 is 0 Å².